The fourth-order valence-electron chi connectivity index (χ4n) is 2.92. The molecule has 128 valence electrons. The molecule has 0 aliphatic carbocycles. The zero-order valence-corrected chi connectivity index (χ0v) is 14.9. The Morgan fingerprint density at radius 2 is 1.57 bits per heavy atom. The molecule has 2 rings (SSSR count). The molecule has 0 spiro atoms. The second-order valence-electron chi connectivity index (χ2n) is 6.17. The van der Waals surface area contributed by atoms with E-state index in [1.54, 1.807) is 6.33 Å². The molecule has 0 aliphatic heterocycles. The van der Waals surface area contributed by atoms with Gasteiger partial charge < -0.3 is 10.3 Å². The van der Waals surface area contributed by atoms with E-state index in [1.807, 2.05) is 4.57 Å². The van der Waals surface area contributed by atoms with Gasteiger partial charge in [-0.1, -0.05) is 64.7 Å². The first kappa shape index (κ1) is 18.0. The number of hydrogen-bond donors (Lipinski definition) is 1. The molecule has 23 heavy (non-hydrogen) atoms. The van der Waals surface area contributed by atoms with Crippen molar-refractivity contribution in [2.75, 3.05) is 5.73 Å². The number of fused-ring (bicyclic) bond motifs is 1. The van der Waals surface area contributed by atoms with E-state index in [2.05, 4.69) is 21.9 Å². The maximum Gasteiger partial charge on any atom is 0.226 e. The number of aryl methyl sites for hydroxylation is 1. The van der Waals surface area contributed by atoms with Crippen molar-refractivity contribution in [2.45, 2.75) is 77.7 Å². The maximum absolute atomic E-state index is 5.93. The number of halogens is 1. The van der Waals surface area contributed by atoms with Crippen LogP contribution in [0.4, 0.5) is 5.82 Å². The van der Waals surface area contributed by atoms with Crippen molar-refractivity contribution in [3.63, 3.8) is 0 Å². The molecule has 0 saturated carbocycles. The fourth-order valence-corrected chi connectivity index (χ4v) is 3.09. The van der Waals surface area contributed by atoms with Crippen molar-refractivity contribution < 1.29 is 0 Å². The number of aromatic nitrogens is 4. The second-order valence-corrected chi connectivity index (χ2v) is 6.51. The van der Waals surface area contributed by atoms with E-state index in [1.165, 1.54) is 57.8 Å². The van der Waals surface area contributed by atoms with Crippen molar-refractivity contribution in [2.24, 2.45) is 0 Å². The van der Waals surface area contributed by atoms with Crippen LogP contribution in [0.2, 0.25) is 5.28 Å². The summed E-state index contributed by atoms with van der Waals surface area (Å²) in [6, 6.07) is 0. The molecule has 6 heteroatoms. The minimum Gasteiger partial charge on any atom is -0.382 e. The molecule has 0 unspecified atom stereocenters. The maximum atomic E-state index is 5.93. The van der Waals surface area contributed by atoms with Crippen LogP contribution in [0.5, 0.6) is 0 Å². The summed E-state index contributed by atoms with van der Waals surface area (Å²) in [6.07, 6.45) is 15.1. The Kier molecular flexibility index (Phi) is 7.59. The summed E-state index contributed by atoms with van der Waals surface area (Å²) in [5.41, 5.74) is 7.30. The number of anilines is 1. The number of nitrogens with zero attached hydrogens (tertiary/aromatic N) is 4. The van der Waals surface area contributed by atoms with Crippen molar-refractivity contribution in [1.82, 2.24) is 19.5 Å². The molecule has 0 saturated heterocycles. The lowest BCUT2D eigenvalue weighted by atomic mass is 10.1. The van der Waals surface area contributed by atoms with Gasteiger partial charge in [-0.2, -0.15) is 9.97 Å². The molecule has 0 bridgehead atoms. The van der Waals surface area contributed by atoms with Gasteiger partial charge in [0.1, 0.15) is 5.52 Å². The van der Waals surface area contributed by atoms with Crippen LogP contribution in [0, 0.1) is 0 Å². The molecule has 2 heterocycles. The largest absolute Gasteiger partial charge is 0.382 e. The molecule has 2 aromatic heterocycles. The van der Waals surface area contributed by atoms with Gasteiger partial charge in [-0.25, -0.2) is 4.98 Å². The predicted octanol–water partition coefficient (Wildman–Crippen LogP) is 4.98. The molecular formula is C17H28ClN5. The van der Waals surface area contributed by atoms with Crippen LogP contribution in [0.25, 0.3) is 11.2 Å². The number of hydrogen-bond acceptors (Lipinski definition) is 4. The molecular weight excluding hydrogens is 310 g/mol. The first-order valence-electron chi connectivity index (χ1n) is 8.86. The third-order valence-electron chi connectivity index (χ3n) is 4.22. The highest BCUT2D eigenvalue weighted by Gasteiger charge is 2.10. The molecule has 0 amide bonds. The second kappa shape index (κ2) is 9.71. The lowest BCUT2D eigenvalue weighted by Gasteiger charge is -2.06. The van der Waals surface area contributed by atoms with E-state index < -0.39 is 0 Å². The SMILES string of the molecule is CCCCCCCCCCCCn1cnc2nc(Cl)nc(N)c21. The molecule has 2 N–H and O–H groups in total. The molecule has 2 aromatic rings. The molecule has 0 fully saturated rings. The summed E-state index contributed by atoms with van der Waals surface area (Å²) in [7, 11) is 0. The van der Waals surface area contributed by atoms with E-state index in [4.69, 9.17) is 17.3 Å². The Morgan fingerprint density at radius 1 is 0.957 bits per heavy atom. The van der Waals surface area contributed by atoms with E-state index >= 15 is 0 Å². The lowest BCUT2D eigenvalue weighted by Crippen LogP contribution is -2.01. The number of rotatable bonds is 11. The molecule has 0 atom stereocenters. The standard InChI is InChI=1S/C17H28ClN5/c1-2-3-4-5-6-7-8-9-10-11-12-23-13-20-16-14(23)15(19)21-17(18)22-16/h13H,2-12H2,1H3,(H2,19,21,22). The first-order chi connectivity index (χ1) is 11.2. The monoisotopic (exact) mass is 337 g/mol. The molecule has 0 aromatic carbocycles. The van der Waals surface area contributed by atoms with Gasteiger partial charge in [0.25, 0.3) is 0 Å². The summed E-state index contributed by atoms with van der Waals surface area (Å²) >= 11 is 5.80. The lowest BCUT2D eigenvalue weighted by molar-refractivity contribution is 0.538. The quantitative estimate of drug-likeness (QED) is 0.463. The van der Waals surface area contributed by atoms with Crippen molar-refractivity contribution in [1.29, 1.82) is 0 Å². The van der Waals surface area contributed by atoms with E-state index in [0.29, 0.717) is 11.5 Å². The summed E-state index contributed by atoms with van der Waals surface area (Å²) in [5.74, 6) is 0.407. The zero-order valence-electron chi connectivity index (χ0n) is 14.1. The van der Waals surface area contributed by atoms with Crippen LogP contribution >= 0.6 is 11.6 Å². The Hall–Kier alpha value is -1.36. The van der Waals surface area contributed by atoms with Crippen LogP contribution in [0.15, 0.2) is 6.33 Å². The van der Waals surface area contributed by atoms with Crippen LogP contribution in [-0.4, -0.2) is 19.5 Å². The highest BCUT2D eigenvalue weighted by molar-refractivity contribution is 6.28. The summed E-state index contributed by atoms with van der Waals surface area (Å²) < 4.78 is 2.03. The highest BCUT2D eigenvalue weighted by atomic mass is 35.5. The van der Waals surface area contributed by atoms with Crippen LogP contribution in [-0.2, 0) is 6.54 Å². The number of imidazole rings is 1. The van der Waals surface area contributed by atoms with Crippen LogP contribution < -0.4 is 5.73 Å². The number of nitrogen functional groups attached to an aromatic ring is 1. The van der Waals surface area contributed by atoms with E-state index in [9.17, 15) is 0 Å². The molecule has 0 radical (unpaired) electrons. The fraction of sp³-hybridized carbons (Fsp3) is 0.706. The van der Waals surface area contributed by atoms with Crippen LogP contribution in [0.3, 0.4) is 0 Å². The topological polar surface area (TPSA) is 69.6 Å². The van der Waals surface area contributed by atoms with Crippen molar-refractivity contribution in [3.05, 3.63) is 11.6 Å². The normalized spacial score (nSPS) is 11.4. The summed E-state index contributed by atoms with van der Waals surface area (Å²) in [6.45, 7) is 3.17. The van der Waals surface area contributed by atoms with Gasteiger partial charge in [0, 0.05) is 6.54 Å². The average molecular weight is 338 g/mol. The Bertz CT molecular complexity index is 596. The van der Waals surface area contributed by atoms with Crippen molar-refractivity contribution in [3.8, 4) is 0 Å². The predicted molar refractivity (Wildman–Crippen MR) is 96.6 cm³/mol. The average Bonchev–Trinajstić information content (AvgIpc) is 2.92. The Labute approximate surface area is 143 Å². The summed E-state index contributed by atoms with van der Waals surface area (Å²) in [5, 5.41) is 0.152. The number of unbranched alkanes of at least 4 members (excludes halogenated alkanes) is 9. The third kappa shape index (κ3) is 5.65. The van der Waals surface area contributed by atoms with E-state index in [-0.39, 0.29) is 5.28 Å². The molecule has 0 aliphatic rings. The van der Waals surface area contributed by atoms with Crippen LogP contribution in [0.1, 0.15) is 71.1 Å². The van der Waals surface area contributed by atoms with Gasteiger partial charge in [0.15, 0.2) is 11.5 Å². The van der Waals surface area contributed by atoms with Crippen molar-refractivity contribution >= 4 is 28.6 Å². The highest BCUT2D eigenvalue weighted by Crippen LogP contribution is 2.19. The Morgan fingerprint density at radius 3 is 2.22 bits per heavy atom. The third-order valence-corrected chi connectivity index (χ3v) is 4.39. The summed E-state index contributed by atoms with van der Waals surface area (Å²) in [4.78, 5) is 12.4. The van der Waals surface area contributed by atoms with Gasteiger partial charge in [-0.05, 0) is 18.0 Å². The minimum atomic E-state index is 0.152. The van der Waals surface area contributed by atoms with Gasteiger partial charge in [0.2, 0.25) is 5.28 Å². The van der Waals surface area contributed by atoms with Gasteiger partial charge in [-0.15, -0.1) is 0 Å². The van der Waals surface area contributed by atoms with Gasteiger partial charge in [-0.3, -0.25) is 0 Å². The van der Waals surface area contributed by atoms with Gasteiger partial charge >= 0.3 is 0 Å². The minimum absolute atomic E-state index is 0.152. The number of nitrogens with two attached hydrogens (primary N) is 1. The smallest absolute Gasteiger partial charge is 0.226 e. The molecule has 5 nitrogen and oxygen atoms in total. The Balaban J connectivity index is 1.64. The zero-order chi connectivity index (χ0) is 16.5. The van der Waals surface area contributed by atoms with E-state index in [0.717, 1.165) is 18.5 Å². The van der Waals surface area contributed by atoms with Gasteiger partial charge in [0.05, 0.1) is 6.33 Å². The first-order valence-corrected chi connectivity index (χ1v) is 9.24.